The molecular formula is C23H19Cl2N7O. The van der Waals surface area contributed by atoms with Crippen LogP contribution < -0.4 is 21.8 Å². The van der Waals surface area contributed by atoms with E-state index in [2.05, 4.69) is 37.7 Å². The number of aromatic nitrogens is 4. The normalized spacial score (nSPS) is 16.1. The van der Waals surface area contributed by atoms with Crippen LogP contribution in [0.2, 0.25) is 10.0 Å². The van der Waals surface area contributed by atoms with E-state index in [1.165, 1.54) is 30.2 Å². The van der Waals surface area contributed by atoms with Crippen molar-refractivity contribution in [1.29, 1.82) is 5.41 Å². The molecule has 8 nitrogen and oxygen atoms in total. The van der Waals surface area contributed by atoms with Crippen LogP contribution in [-0.4, -0.2) is 26.1 Å². The number of hydrogen-bond donors (Lipinski definition) is 4. The summed E-state index contributed by atoms with van der Waals surface area (Å²) in [5.74, 6) is 0.334. The maximum atomic E-state index is 12.8. The van der Waals surface area contributed by atoms with E-state index in [9.17, 15) is 4.79 Å². The summed E-state index contributed by atoms with van der Waals surface area (Å²) >= 11 is 12.5. The first-order chi connectivity index (χ1) is 15.9. The van der Waals surface area contributed by atoms with Crippen LogP contribution in [0.3, 0.4) is 0 Å². The zero-order chi connectivity index (χ0) is 22.7. The van der Waals surface area contributed by atoms with Crippen LogP contribution in [0.25, 0.3) is 16.7 Å². The zero-order valence-corrected chi connectivity index (χ0v) is 18.9. The molecule has 10 heteroatoms. The number of anilines is 2. The Morgan fingerprint density at radius 1 is 1.15 bits per heavy atom. The van der Waals surface area contributed by atoms with Gasteiger partial charge < -0.3 is 10.6 Å². The number of fused-ring (bicyclic) bond motifs is 3. The molecule has 0 atom stereocenters. The summed E-state index contributed by atoms with van der Waals surface area (Å²) in [6.45, 7) is 0.978. The van der Waals surface area contributed by atoms with E-state index in [0.29, 0.717) is 11.3 Å². The van der Waals surface area contributed by atoms with Crippen molar-refractivity contribution in [2.45, 2.75) is 24.8 Å². The summed E-state index contributed by atoms with van der Waals surface area (Å²) in [4.78, 5) is 24.4. The summed E-state index contributed by atoms with van der Waals surface area (Å²) < 4.78 is 1.12. The maximum absolute atomic E-state index is 12.8. The molecule has 0 amide bonds. The number of benzene rings is 2. The molecule has 1 fully saturated rings. The van der Waals surface area contributed by atoms with Gasteiger partial charge in [-0.2, -0.15) is 4.98 Å². The summed E-state index contributed by atoms with van der Waals surface area (Å²) in [6.07, 6.45) is 4.85. The second kappa shape index (κ2) is 7.41. The monoisotopic (exact) mass is 479 g/mol. The fourth-order valence-corrected chi connectivity index (χ4v) is 5.15. The smallest absolute Gasteiger partial charge is 0.324 e. The Hall–Kier alpha value is -3.20. The molecule has 1 saturated carbocycles. The fourth-order valence-electron chi connectivity index (χ4n) is 4.58. The van der Waals surface area contributed by atoms with Crippen LogP contribution in [0.1, 0.15) is 24.0 Å². The van der Waals surface area contributed by atoms with Gasteiger partial charge in [-0.25, -0.2) is 14.3 Å². The minimum Gasteiger partial charge on any atom is -0.324 e. The first-order valence-corrected chi connectivity index (χ1v) is 11.4. The second-order valence-corrected chi connectivity index (χ2v) is 9.21. The van der Waals surface area contributed by atoms with Crippen LogP contribution in [0, 0.1) is 5.41 Å². The van der Waals surface area contributed by atoms with Crippen molar-refractivity contribution in [3.63, 3.8) is 0 Å². The zero-order valence-electron chi connectivity index (χ0n) is 17.4. The Kier molecular flexibility index (Phi) is 4.58. The van der Waals surface area contributed by atoms with Gasteiger partial charge in [-0.3, -0.25) is 10.4 Å². The second-order valence-electron chi connectivity index (χ2n) is 8.40. The van der Waals surface area contributed by atoms with Gasteiger partial charge in [-0.05, 0) is 54.7 Å². The maximum Gasteiger partial charge on any atom is 0.333 e. The Labute approximate surface area is 198 Å². The van der Waals surface area contributed by atoms with Gasteiger partial charge in [0.25, 0.3) is 0 Å². The molecule has 4 aromatic rings. The number of hydrogen-bond acceptors (Lipinski definition) is 6. The Bertz CT molecular complexity index is 1530. The van der Waals surface area contributed by atoms with Crippen molar-refractivity contribution in [1.82, 2.24) is 24.8 Å². The molecule has 2 aliphatic rings. The molecule has 33 heavy (non-hydrogen) atoms. The average molecular weight is 480 g/mol. The lowest BCUT2D eigenvalue weighted by molar-refractivity contribution is 0.490. The number of para-hydroxylation sites is 1. The number of nitrogens with zero attached hydrogens (tertiary/aromatic N) is 3. The summed E-state index contributed by atoms with van der Waals surface area (Å²) in [6, 6.07) is 11.2. The first kappa shape index (κ1) is 20.4. The van der Waals surface area contributed by atoms with Gasteiger partial charge in [-0.1, -0.05) is 35.3 Å². The quantitative estimate of drug-likeness (QED) is 0.357. The minimum absolute atomic E-state index is 0.105. The van der Waals surface area contributed by atoms with Crippen LogP contribution in [0.5, 0.6) is 0 Å². The third kappa shape index (κ3) is 3.33. The van der Waals surface area contributed by atoms with Crippen molar-refractivity contribution in [2.24, 2.45) is 0 Å². The molecule has 0 radical (unpaired) electrons. The van der Waals surface area contributed by atoms with E-state index < -0.39 is 5.69 Å². The predicted molar refractivity (Wildman–Crippen MR) is 128 cm³/mol. The van der Waals surface area contributed by atoms with Crippen molar-refractivity contribution < 1.29 is 0 Å². The van der Waals surface area contributed by atoms with E-state index in [4.69, 9.17) is 28.6 Å². The van der Waals surface area contributed by atoms with Crippen LogP contribution >= 0.6 is 23.2 Å². The molecule has 1 aliphatic heterocycles. The molecule has 166 valence electrons. The largest absolute Gasteiger partial charge is 0.333 e. The summed E-state index contributed by atoms with van der Waals surface area (Å²) in [5, 5.41) is 16.3. The summed E-state index contributed by atoms with van der Waals surface area (Å²) in [7, 11) is 0. The van der Waals surface area contributed by atoms with Crippen molar-refractivity contribution >= 4 is 45.9 Å². The standard InChI is InChI=1S/C23H19Cl2N7O/c24-16-2-1-3-17(25)18(16)32-19(26)14-11-27-21(30-20(14)31-22(32)33)29-13-4-5-15-12(10-13)6-9-28-23(15)7-8-23/h1-5,10-11,26,28H,6-9H2,(H2,27,29,30,31,33). The van der Waals surface area contributed by atoms with Gasteiger partial charge in [0.2, 0.25) is 5.95 Å². The first-order valence-electron chi connectivity index (χ1n) is 10.6. The highest BCUT2D eigenvalue weighted by Gasteiger charge is 2.46. The van der Waals surface area contributed by atoms with E-state index in [0.717, 1.165) is 23.2 Å². The molecule has 6 rings (SSSR count). The Morgan fingerprint density at radius 3 is 2.70 bits per heavy atom. The lowest BCUT2D eigenvalue weighted by Gasteiger charge is -2.27. The number of rotatable bonds is 3. The highest BCUT2D eigenvalue weighted by molar-refractivity contribution is 6.37. The molecule has 1 spiro atoms. The van der Waals surface area contributed by atoms with Crippen LogP contribution in [0.4, 0.5) is 11.6 Å². The lowest BCUT2D eigenvalue weighted by Crippen LogP contribution is -2.36. The van der Waals surface area contributed by atoms with Gasteiger partial charge in [-0.15, -0.1) is 0 Å². The van der Waals surface area contributed by atoms with Crippen molar-refractivity contribution in [3.8, 4) is 5.69 Å². The Balaban J connectivity index is 1.38. The van der Waals surface area contributed by atoms with Crippen LogP contribution in [0.15, 0.2) is 47.4 Å². The van der Waals surface area contributed by atoms with E-state index in [1.807, 2.05) is 6.07 Å². The average Bonchev–Trinajstić information content (AvgIpc) is 3.55. The minimum atomic E-state index is -0.567. The highest BCUT2D eigenvalue weighted by Crippen LogP contribution is 2.48. The van der Waals surface area contributed by atoms with E-state index in [1.54, 1.807) is 18.2 Å². The topological polar surface area (TPSA) is 111 Å². The lowest BCUT2D eigenvalue weighted by atomic mass is 9.92. The summed E-state index contributed by atoms with van der Waals surface area (Å²) in [5.41, 5.74) is 3.59. The Morgan fingerprint density at radius 2 is 1.94 bits per heavy atom. The molecule has 0 unspecified atom stereocenters. The molecule has 1 aliphatic carbocycles. The predicted octanol–water partition coefficient (Wildman–Crippen LogP) is 3.77. The van der Waals surface area contributed by atoms with Gasteiger partial charge in [0, 0.05) is 24.0 Å². The van der Waals surface area contributed by atoms with Gasteiger partial charge in [0.05, 0.1) is 21.1 Å². The van der Waals surface area contributed by atoms with E-state index >= 15 is 0 Å². The molecule has 2 aromatic carbocycles. The molecule has 2 aromatic heterocycles. The van der Waals surface area contributed by atoms with Crippen molar-refractivity contribution in [2.75, 3.05) is 11.9 Å². The number of nitrogens with one attached hydrogen (secondary N) is 4. The van der Waals surface area contributed by atoms with Gasteiger partial charge in [0.1, 0.15) is 5.49 Å². The van der Waals surface area contributed by atoms with Crippen molar-refractivity contribution in [3.05, 3.63) is 79.7 Å². The SMILES string of the molecule is N=c1c2cnc(Nc3ccc4c(c3)CCNC43CC3)nc2[nH]c(=O)n1-c1c(Cl)cccc1Cl. The molecule has 0 saturated heterocycles. The molecular weight excluding hydrogens is 461 g/mol. The van der Waals surface area contributed by atoms with E-state index in [-0.39, 0.29) is 32.4 Å². The molecule has 0 bridgehead atoms. The highest BCUT2D eigenvalue weighted by atomic mass is 35.5. The third-order valence-corrected chi connectivity index (χ3v) is 6.95. The fraction of sp³-hybridized carbons (Fsp3) is 0.217. The van der Waals surface area contributed by atoms with Crippen LogP contribution in [-0.2, 0) is 12.0 Å². The van der Waals surface area contributed by atoms with Gasteiger partial charge in [0.15, 0.2) is 5.65 Å². The molecule has 3 heterocycles. The number of halogens is 2. The number of H-pyrrole nitrogens is 1. The number of aromatic amines is 1. The third-order valence-electron chi connectivity index (χ3n) is 6.34. The molecule has 4 N–H and O–H groups in total. The van der Waals surface area contributed by atoms with Gasteiger partial charge >= 0.3 is 5.69 Å².